The van der Waals surface area contributed by atoms with Crippen LogP contribution in [0.15, 0.2) is 97.3 Å². The summed E-state index contributed by atoms with van der Waals surface area (Å²) in [6.07, 6.45) is 5.08. The van der Waals surface area contributed by atoms with Crippen molar-refractivity contribution in [3.05, 3.63) is 114 Å². The Balaban J connectivity index is 1.40. The number of halogens is 1. The molecule has 0 unspecified atom stereocenters. The molecule has 8 heteroatoms. The molecule has 3 aromatic carbocycles. The first-order valence-electron chi connectivity index (χ1n) is 15.2. The fraction of sp³-hybridized carbons (Fsp3) is 0.306. The average molecular weight is 595 g/mol. The van der Waals surface area contributed by atoms with Gasteiger partial charge in [-0.25, -0.2) is 4.39 Å². The zero-order valence-electron chi connectivity index (χ0n) is 25.2. The fourth-order valence-corrected chi connectivity index (χ4v) is 5.59. The minimum absolute atomic E-state index is 0.00634. The van der Waals surface area contributed by atoms with E-state index in [9.17, 15) is 14.0 Å². The number of ether oxygens (including phenoxy) is 1. The first-order valence-corrected chi connectivity index (χ1v) is 15.2. The Morgan fingerprint density at radius 1 is 0.886 bits per heavy atom. The van der Waals surface area contributed by atoms with Crippen molar-refractivity contribution < 1.29 is 18.7 Å². The summed E-state index contributed by atoms with van der Waals surface area (Å²) in [6, 6.07) is 26.6. The number of anilines is 1. The van der Waals surface area contributed by atoms with Crippen LogP contribution in [0.4, 0.5) is 10.1 Å². The lowest BCUT2D eigenvalue weighted by atomic mass is 10.0. The highest BCUT2D eigenvalue weighted by atomic mass is 19.1. The summed E-state index contributed by atoms with van der Waals surface area (Å²) < 4.78 is 19.6. The number of hydrogen-bond donors (Lipinski definition) is 0. The number of para-hydroxylation sites is 1. The van der Waals surface area contributed by atoms with Crippen LogP contribution in [0.5, 0.6) is 5.75 Å². The molecule has 0 atom stereocenters. The van der Waals surface area contributed by atoms with Gasteiger partial charge in [-0.15, -0.1) is 0 Å². The van der Waals surface area contributed by atoms with Crippen LogP contribution < -0.4 is 9.64 Å². The number of pyridine rings is 1. The second-order valence-electron chi connectivity index (χ2n) is 11.1. The van der Waals surface area contributed by atoms with Gasteiger partial charge in [-0.2, -0.15) is 0 Å². The van der Waals surface area contributed by atoms with Gasteiger partial charge in [-0.3, -0.25) is 19.5 Å². The summed E-state index contributed by atoms with van der Waals surface area (Å²) in [6.45, 7) is 5.57. The van der Waals surface area contributed by atoms with Crippen LogP contribution in [-0.2, 0) is 22.7 Å². The molecule has 0 aliphatic carbocycles. The average Bonchev–Trinajstić information content (AvgIpc) is 3.07. The number of carbonyl (C=O) groups is 2. The van der Waals surface area contributed by atoms with Crippen molar-refractivity contribution >= 4 is 17.5 Å². The Morgan fingerprint density at radius 3 is 2.48 bits per heavy atom. The van der Waals surface area contributed by atoms with E-state index in [1.54, 1.807) is 31.3 Å². The number of nitrogens with zero attached hydrogens (tertiary/aromatic N) is 4. The van der Waals surface area contributed by atoms with Gasteiger partial charge in [0.1, 0.15) is 0 Å². The summed E-state index contributed by atoms with van der Waals surface area (Å²) >= 11 is 0. The van der Waals surface area contributed by atoms with Gasteiger partial charge in [0.15, 0.2) is 11.6 Å². The Labute approximate surface area is 258 Å². The van der Waals surface area contributed by atoms with Crippen molar-refractivity contribution in [2.45, 2.75) is 39.3 Å². The highest BCUT2D eigenvalue weighted by molar-refractivity contribution is 5.93. The van der Waals surface area contributed by atoms with E-state index >= 15 is 0 Å². The number of rotatable bonds is 8. The maximum atomic E-state index is 14.0. The molecule has 1 aliphatic heterocycles. The van der Waals surface area contributed by atoms with Crippen molar-refractivity contribution in [1.82, 2.24) is 14.8 Å². The first kappa shape index (κ1) is 30.9. The maximum absolute atomic E-state index is 14.0. The van der Waals surface area contributed by atoms with Crippen LogP contribution in [-0.4, -0.2) is 59.4 Å². The molecule has 2 heterocycles. The van der Waals surface area contributed by atoms with E-state index in [4.69, 9.17) is 4.74 Å². The Bertz CT molecular complexity index is 1530. The van der Waals surface area contributed by atoms with Crippen LogP contribution in [0.3, 0.4) is 0 Å². The molecular weight excluding hydrogens is 555 g/mol. The van der Waals surface area contributed by atoms with E-state index in [2.05, 4.69) is 28.1 Å². The summed E-state index contributed by atoms with van der Waals surface area (Å²) in [5.74, 6) is -0.265. The van der Waals surface area contributed by atoms with Gasteiger partial charge in [0.2, 0.25) is 11.8 Å². The van der Waals surface area contributed by atoms with Crippen molar-refractivity contribution in [3.63, 3.8) is 0 Å². The molecule has 2 amide bonds. The third kappa shape index (κ3) is 8.29. The van der Waals surface area contributed by atoms with Crippen molar-refractivity contribution in [3.8, 4) is 16.9 Å². The molecule has 0 spiro atoms. The van der Waals surface area contributed by atoms with Crippen LogP contribution >= 0.6 is 0 Å². The number of amides is 2. The molecule has 4 aromatic rings. The molecular formula is C36H39FN4O3. The normalized spacial score (nSPS) is 14.4. The van der Waals surface area contributed by atoms with E-state index in [-0.39, 0.29) is 30.6 Å². The third-order valence-electron chi connectivity index (χ3n) is 7.88. The summed E-state index contributed by atoms with van der Waals surface area (Å²) in [7, 11) is 0. The van der Waals surface area contributed by atoms with Crippen molar-refractivity contribution in [2.75, 3.05) is 37.7 Å². The van der Waals surface area contributed by atoms with E-state index < -0.39 is 5.82 Å². The van der Waals surface area contributed by atoms with Gasteiger partial charge in [0.05, 0.1) is 6.61 Å². The van der Waals surface area contributed by atoms with Gasteiger partial charge in [0.25, 0.3) is 0 Å². The smallest absolute Gasteiger partial charge is 0.223 e. The van der Waals surface area contributed by atoms with Crippen molar-refractivity contribution in [2.24, 2.45) is 0 Å². The Morgan fingerprint density at radius 2 is 1.70 bits per heavy atom. The highest BCUT2D eigenvalue weighted by Gasteiger charge is 2.23. The molecule has 44 heavy (non-hydrogen) atoms. The van der Waals surface area contributed by atoms with Gasteiger partial charge in [-0.05, 0) is 65.4 Å². The predicted octanol–water partition coefficient (Wildman–Crippen LogP) is 6.33. The zero-order valence-corrected chi connectivity index (χ0v) is 25.2. The summed E-state index contributed by atoms with van der Waals surface area (Å²) in [5, 5.41) is 0. The van der Waals surface area contributed by atoms with Crippen LogP contribution in [0.2, 0.25) is 0 Å². The molecule has 0 bridgehead atoms. The summed E-state index contributed by atoms with van der Waals surface area (Å²) in [4.78, 5) is 37.1. The Hall–Kier alpha value is -4.56. The number of hydrogen-bond acceptors (Lipinski definition) is 5. The number of benzene rings is 3. The first-order chi connectivity index (χ1) is 21.5. The summed E-state index contributed by atoms with van der Waals surface area (Å²) in [5.41, 5.74) is 4.89. The number of carbonyl (C=O) groups excluding carboxylic acids is 2. The van der Waals surface area contributed by atoms with Crippen molar-refractivity contribution in [1.29, 1.82) is 0 Å². The molecule has 228 valence electrons. The van der Waals surface area contributed by atoms with E-state index in [0.717, 1.165) is 41.9 Å². The predicted molar refractivity (Wildman–Crippen MR) is 171 cm³/mol. The van der Waals surface area contributed by atoms with E-state index in [0.29, 0.717) is 32.6 Å². The fourth-order valence-electron chi connectivity index (χ4n) is 5.59. The molecule has 0 radical (unpaired) electrons. The van der Waals surface area contributed by atoms with Gasteiger partial charge < -0.3 is 14.5 Å². The lowest BCUT2D eigenvalue weighted by Gasteiger charge is -2.28. The second kappa shape index (κ2) is 15.3. The SMILES string of the molecule is CC(=O)N1CCCN(Cc2ccccc2)CCN(C(=O)CCCOc2ccccc2F)Cc2cc(-c3cccnc3)ccc21. The van der Waals surface area contributed by atoms with Crippen LogP contribution in [0.25, 0.3) is 11.1 Å². The molecule has 5 rings (SSSR count). The number of aromatic nitrogens is 1. The topological polar surface area (TPSA) is 66.0 Å². The van der Waals surface area contributed by atoms with Crippen LogP contribution in [0, 0.1) is 5.82 Å². The molecule has 0 saturated carbocycles. The highest BCUT2D eigenvalue weighted by Crippen LogP contribution is 2.30. The molecule has 0 fully saturated rings. The molecule has 0 saturated heterocycles. The van der Waals surface area contributed by atoms with Gasteiger partial charge in [-0.1, -0.05) is 54.6 Å². The quantitative estimate of drug-likeness (QED) is 0.223. The van der Waals surface area contributed by atoms with Gasteiger partial charge >= 0.3 is 0 Å². The molecule has 7 nitrogen and oxygen atoms in total. The van der Waals surface area contributed by atoms with Crippen LogP contribution in [0.1, 0.15) is 37.3 Å². The molecule has 1 aliphatic rings. The third-order valence-corrected chi connectivity index (χ3v) is 7.88. The maximum Gasteiger partial charge on any atom is 0.223 e. The molecule has 1 aromatic heterocycles. The van der Waals surface area contributed by atoms with E-state index in [1.807, 2.05) is 58.5 Å². The van der Waals surface area contributed by atoms with Gasteiger partial charge in [0, 0.05) is 70.7 Å². The lowest BCUT2D eigenvalue weighted by molar-refractivity contribution is -0.132. The minimum Gasteiger partial charge on any atom is -0.491 e. The second-order valence-corrected chi connectivity index (χ2v) is 11.1. The zero-order chi connectivity index (χ0) is 30.7. The Kier molecular flexibility index (Phi) is 10.7. The minimum atomic E-state index is -0.416. The lowest BCUT2D eigenvalue weighted by Crippen LogP contribution is -2.38. The largest absolute Gasteiger partial charge is 0.491 e. The van der Waals surface area contributed by atoms with E-state index in [1.165, 1.54) is 11.6 Å². The monoisotopic (exact) mass is 594 g/mol. The standard InChI is InChI=1S/C36H39FN4O3/c1-28(42)41-20-9-19-39(26-29-10-3-2-4-11-29)21-22-40(36(43)15-8-23-44-35-14-6-5-13-33(35)37)27-32-24-30(16-17-34(32)41)31-12-7-18-38-25-31/h2-7,10-14,16-18,24-25H,8-9,15,19-23,26-27H2,1H3. The molecule has 0 N–H and O–H groups in total. The number of fused-ring (bicyclic) bond motifs is 1.